The van der Waals surface area contributed by atoms with Gasteiger partial charge in [-0.15, -0.1) is 0 Å². The summed E-state index contributed by atoms with van der Waals surface area (Å²) in [5.41, 5.74) is 0.658. The lowest BCUT2D eigenvalue weighted by atomic mass is 9.93. The number of carbonyl (C=O) groups excluding carboxylic acids is 2. The minimum Gasteiger partial charge on any atom is -0.442 e. The number of benzene rings is 2. The van der Waals surface area contributed by atoms with Crippen molar-refractivity contribution in [3.8, 4) is 11.1 Å². The Hall–Kier alpha value is -5.54. The maximum atomic E-state index is 15.8. The Kier molecular flexibility index (Phi) is 16.0. The van der Waals surface area contributed by atoms with Crippen LogP contribution in [0.25, 0.3) is 22.0 Å². The van der Waals surface area contributed by atoms with E-state index in [0.29, 0.717) is 21.3 Å². The van der Waals surface area contributed by atoms with E-state index in [4.69, 9.17) is 27.1 Å². The lowest BCUT2D eigenvalue weighted by molar-refractivity contribution is -0.146. The Morgan fingerprint density at radius 1 is 0.932 bits per heavy atom. The van der Waals surface area contributed by atoms with Crippen LogP contribution < -0.4 is 15.4 Å². The third kappa shape index (κ3) is 12.1. The van der Waals surface area contributed by atoms with Gasteiger partial charge in [-0.05, 0) is 74.8 Å². The fourth-order valence-corrected chi connectivity index (χ4v) is 9.82. The molecule has 0 radical (unpaired) electrons. The van der Waals surface area contributed by atoms with Crippen LogP contribution in [0.4, 0.5) is 49.7 Å². The van der Waals surface area contributed by atoms with Crippen LogP contribution in [0.3, 0.4) is 0 Å². The predicted octanol–water partition coefficient (Wildman–Crippen LogP) is 8.76. The quantitative estimate of drug-likeness (QED) is 0.0483. The average molecular weight is 1120 g/mol. The van der Waals surface area contributed by atoms with E-state index in [1.807, 2.05) is 0 Å². The third-order valence-electron chi connectivity index (χ3n) is 13.0. The van der Waals surface area contributed by atoms with E-state index in [9.17, 15) is 61.5 Å². The molecular weight excluding hydrogens is 1070 g/mol. The minimum atomic E-state index is -5.25. The molecule has 406 valence electrons. The highest BCUT2D eigenvalue weighted by Gasteiger charge is 2.57. The van der Waals surface area contributed by atoms with E-state index < -0.39 is 161 Å². The number of hydrogen-bond acceptors (Lipinski definition) is 11. The lowest BCUT2D eigenvalue weighted by Gasteiger charge is -2.25. The minimum absolute atomic E-state index is 0.0619. The number of amides is 1. The number of aryl methyl sites for hydroxylation is 1. The first-order valence-electron chi connectivity index (χ1n) is 22.5. The second-order valence-electron chi connectivity index (χ2n) is 19.2. The summed E-state index contributed by atoms with van der Waals surface area (Å²) in [7, 11) is -8.35. The average Bonchev–Trinajstić information content (AvgIpc) is 3.87. The zero-order valence-electron chi connectivity index (χ0n) is 40.8. The normalized spacial score (nSPS) is 17.1. The van der Waals surface area contributed by atoms with Crippen molar-refractivity contribution in [3.63, 3.8) is 0 Å². The molecule has 3 heterocycles. The largest absolute Gasteiger partial charge is 0.442 e. The summed E-state index contributed by atoms with van der Waals surface area (Å²) in [5, 5.41) is 9.05. The number of nitrogens with two attached hydrogens (primary N) is 1. The molecule has 74 heavy (non-hydrogen) atoms. The van der Waals surface area contributed by atoms with Crippen LogP contribution in [-0.4, -0.2) is 89.5 Å². The van der Waals surface area contributed by atoms with Gasteiger partial charge >= 0.3 is 18.3 Å². The number of esters is 1. The molecule has 1 aliphatic carbocycles. The van der Waals surface area contributed by atoms with Gasteiger partial charge in [0.2, 0.25) is 15.9 Å². The molecule has 1 aliphatic rings. The van der Waals surface area contributed by atoms with Crippen molar-refractivity contribution in [1.82, 2.24) is 29.9 Å². The summed E-state index contributed by atoms with van der Waals surface area (Å²) in [6, 6.07) is 4.09. The Labute approximate surface area is 423 Å². The highest BCUT2D eigenvalue weighted by molar-refractivity contribution is 7.92. The number of nitrogens with zero attached hydrogens (tertiary/aromatic N) is 6. The van der Waals surface area contributed by atoms with Gasteiger partial charge in [0.15, 0.2) is 28.1 Å². The van der Waals surface area contributed by atoms with Gasteiger partial charge in [-0.25, -0.2) is 29.9 Å². The molecule has 0 unspecified atom stereocenters. The van der Waals surface area contributed by atoms with Gasteiger partial charge in [0.05, 0.1) is 38.7 Å². The molecule has 2 aromatic carbocycles. The maximum Gasteiger partial charge on any atom is 0.435 e. The molecule has 0 saturated heterocycles. The van der Waals surface area contributed by atoms with Crippen LogP contribution >= 0.6 is 11.6 Å². The summed E-state index contributed by atoms with van der Waals surface area (Å²) in [4.78, 5) is 31.8. The number of hydrogen-bond donors (Lipinski definition) is 2. The molecule has 6 rings (SSSR count). The van der Waals surface area contributed by atoms with Crippen molar-refractivity contribution in [2.75, 3.05) is 23.5 Å². The number of fused-ring (bicyclic) bond motifs is 2. The molecule has 3 N–H and O–H groups in total. The van der Waals surface area contributed by atoms with Gasteiger partial charge in [-0.3, -0.25) is 23.9 Å². The second kappa shape index (κ2) is 20.5. The van der Waals surface area contributed by atoms with Gasteiger partial charge in [0.1, 0.15) is 36.5 Å². The van der Waals surface area contributed by atoms with Gasteiger partial charge in [-0.2, -0.15) is 45.3 Å². The molecule has 4 atom stereocenters. The van der Waals surface area contributed by atoms with Gasteiger partial charge in [-0.1, -0.05) is 51.4 Å². The van der Waals surface area contributed by atoms with Crippen molar-refractivity contribution in [1.29, 1.82) is 0 Å². The molecule has 28 heteroatoms. The summed E-state index contributed by atoms with van der Waals surface area (Å²) in [6.45, 7) is 3.74. The number of rotatable bonds is 18. The number of halogens is 11. The molecular formula is C46H51ClF10N8O7S2. The van der Waals surface area contributed by atoms with Crippen molar-refractivity contribution < 1.29 is 75.1 Å². The Morgan fingerprint density at radius 2 is 1.54 bits per heavy atom. The van der Waals surface area contributed by atoms with E-state index in [0.717, 1.165) is 38.3 Å². The van der Waals surface area contributed by atoms with Gasteiger partial charge < -0.3 is 15.8 Å². The van der Waals surface area contributed by atoms with Crippen LogP contribution in [0.15, 0.2) is 42.5 Å². The van der Waals surface area contributed by atoms with E-state index in [1.54, 1.807) is 13.8 Å². The van der Waals surface area contributed by atoms with E-state index in [2.05, 4.69) is 15.5 Å². The molecule has 0 spiro atoms. The van der Waals surface area contributed by atoms with Crippen LogP contribution in [-0.2, 0) is 72.2 Å². The zero-order valence-corrected chi connectivity index (χ0v) is 43.2. The topological polar surface area (TPSA) is 201 Å². The van der Waals surface area contributed by atoms with Crippen LogP contribution in [0.5, 0.6) is 0 Å². The standard InChI is InChI=1S/C46H51ClF10N8O7S2/c1-22(2)36(58)42(67)72-21-65(74(8,70)71)41-35-31(47)12-11-30(38(35)64(62-41)20-44(50,51)52)29-10-9-28(13-14-43(5,6)73(7,68)69)59-37(29)32(17-25-15-26(48)18-27(49)16-25)60-33(66)19-63-40-34(39(61-63)46(55,56)57)23(3)24(4)45(40,53)54/h9-12,15-16,18,22-24,32,36H,13-14,17,19-21,58H2,1-8H3,(H,60,66)/t23-,24+,32-,36-/m0/s1. The highest BCUT2D eigenvalue weighted by Crippen LogP contribution is 2.55. The van der Waals surface area contributed by atoms with Gasteiger partial charge in [0, 0.05) is 40.6 Å². The summed E-state index contributed by atoms with van der Waals surface area (Å²) < 4.78 is 205. The number of sulfone groups is 1. The smallest absolute Gasteiger partial charge is 0.435 e. The summed E-state index contributed by atoms with van der Waals surface area (Å²) >= 11 is 6.69. The fraction of sp³-hybridized carbons (Fsp3) is 0.500. The number of alkyl halides is 8. The van der Waals surface area contributed by atoms with E-state index in [-0.39, 0.29) is 45.6 Å². The second-order valence-corrected chi connectivity index (χ2v) is 24.2. The first-order valence-corrected chi connectivity index (χ1v) is 26.6. The molecule has 1 amide bonds. The number of sulfonamides is 1. The Balaban J connectivity index is 1.62. The molecule has 3 aromatic heterocycles. The lowest BCUT2D eigenvalue weighted by Crippen LogP contribution is -2.41. The van der Waals surface area contributed by atoms with Crippen LogP contribution in [0.1, 0.15) is 93.8 Å². The summed E-state index contributed by atoms with van der Waals surface area (Å²) in [5.74, 6) is -12.9. The van der Waals surface area contributed by atoms with Crippen molar-refractivity contribution >= 4 is 60.1 Å². The van der Waals surface area contributed by atoms with E-state index in [1.165, 1.54) is 32.0 Å². The molecule has 5 aromatic rings. The van der Waals surface area contributed by atoms with Crippen molar-refractivity contribution in [2.24, 2.45) is 17.6 Å². The molecule has 0 aliphatic heterocycles. The monoisotopic (exact) mass is 1120 g/mol. The number of ether oxygens (including phenoxy) is 1. The van der Waals surface area contributed by atoms with E-state index >= 15 is 8.78 Å². The number of anilines is 1. The zero-order chi connectivity index (χ0) is 55.6. The van der Waals surface area contributed by atoms with Gasteiger partial charge in [0.25, 0.3) is 5.92 Å². The van der Waals surface area contributed by atoms with Crippen LogP contribution in [0.2, 0.25) is 5.02 Å². The Bertz CT molecular complexity index is 3200. The predicted molar refractivity (Wildman–Crippen MR) is 252 cm³/mol. The maximum absolute atomic E-state index is 15.8. The number of nitrogens with one attached hydrogen (secondary N) is 1. The van der Waals surface area contributed by atoms with Crippen LogP contribution in [0, 0.1) is 23.5 Å². The molecule has 0 fully saturated rings. The number of pyridine rings is 1. The fourth-order valence-electron chi connectivity index (χ4n) is 8.43. The molecule has 15 nitrogen and oxygen atoms in total. The summed E-state index contributed by atoms with van der Waals surface area (Å²) in [6.07, 6.45) is -9.65. The molecule has 0 bridgehead atoms. The SMILES string of the molecule is CC(C)[C@H](N)C(=O)OCN(c1nn(CC(F)(F)F)c2c(-c3ccc(CCC(C)(C)S(C)(=O)=O)nc3[C@H](Cc3cc(F)cc(F)c3)NC(=O)Cn3nc(C(F)(F)F)c4c3C(F)(F)[C@H](C)[C@@H]4C)ccc(Cl)c12)S(C)(=O)=O. The van der Waals surface area contributed by atoms with Crippen molar-refractivity contribution in [3.05, 3.63) is 93.0 Å². The highest BCUT2D eigenvalue weighted by atomic mass is 35.5. The third-order valence-corrected chi connectivity index (χ3v) is 16.6. The number of aromatic nitrogens is 5. The first kappa shape index (κ1) is 57.7. The molecule has 0 saturated carbocycles. The Morgan fingerprint density at radius 3 is 2.09 bits per heavy atom. The number of carbonyl (C=O) groups is 2. The first-order chi connectivity index (χ1) is 33.8. The van der Waals surface area contributed by atoms with Crippen molar-refractivity contribution in [2.45, 2.75) is 115 Å².